The van der Waals surface area contributed by atoms with Crippen molar-refractivity contribution in [1.29, 1.82) is 0 Å². The van der Waals surface area contributed by atoms with Crippen LogP contribution in [0.3, 0.4) is 0 Å². The van der Waals surface area contributed by atoms with Crippen LogP contribution in [0.1, 0.15) is 49.9 Å². The van der Waals surface area contributed by atoms with Crippen LogP contribution in [0.4, 0.5) is 0 Å². The van der Waals surface area contributed by atoms with Gasteiger partial charge >= 0.3 is 0 Å². The average molecular weight is 322 g/mol. The molecule has 0 bridgehead atoms. The van der Waals surface area contributed by atoms with Crippen molar-refractivity contribution in [1.82, 2.24) is 0 Å². The van der Waals surface area contributed by atoms with E-state index < -0.39 is 0 Å². The zero-order valence-electron chi connectivity index (χ0n) is 15.9. The molecular weight excluding hydrogens is 292 g/mol. The molecule has 0 amide bonds. The van der Waals surface area contributed by atoms with Gasteiger partial charge in [0, 0.05) is 0 Å². The molecule has 2 rings (SSSR count). The number of phenolic OH excluding ortho intramolecular Hbond substituents is 1. The quantitative estimate of drug-likeness (QED) is 0.641. The molecule has 0 heterocycles. The summed E-state index contributed by atoms with van der Waals surface area (Å²) < 4.78 is 0. The van der Waals surface area contributed by atoms with E-state index in [9.17, 15) is 0 Å². The summed E-state index contributed by atoms with van der Waals surface area (Å²) in [7, 11) is 0. The maximum atomic E-state index is 9.14. The zero-order chi connectivity index (χ0) is 18.5. The molecule has 0 unspecified atom stereocenters. The maximum absolute atomic E-state index is 9.14. The fourth-order valence-electron chi connectivity index (χ4n) is 2.11. The molecule has 24 heavy (non-hydrogen) atoms. The summed E-state index contributed by atoms with van der Waals surface area (Å²) in [6.45, 7) is 12.0. The van der Waals surface area contributed by atoms with Crippen LogP contribution in [0.2, 0.25) is 0 Å². The second-order valence-electron chi connectivity index (χ2n) is 5.55. The maximum Gasteiger partial charge on any atom is 0.118 e. The summed E-state index contributed by atoms with van der Waals surface area (Å²) in [5, 5.41) is 9.14. The Kier molecular flexibility index (Phi) is 10.8. The Hall–Kier alpha value is -2.46. The van der Waals surface area contributed by atoms with Crippen molar-refractivity contribution in [3.05, 3.63) is 70.8 Å². The molecule has 0 aliphatic heterocycles. The molecule has 0 atom stereocenters. The summed E-state index contributed by atoms with van der Waals surface area (Å²) in [4.78, 5) is 0. The fourth-order valence-corrected chi connectivity index (χ4v) is 2.11. The molecule has 1 heteroatoms. The van der Waals surface area contributed by atoms with Crippen LogP contribution in [-0.4, -0.2) is 5.11 Å². The lowest BCUT2D eigenvalue weighted by molar-refractivity contribution is 0.471. The van der Waals surface area contributed by atoms with Gasteiger partial charge in [-0.15, -0.1) is 12.3 Å². The number of allylic oxidation sites excluding steroid dienone is 2. The highest BCUT2D eigenvalue weighted by molar-refractivity contribution is 5.65. The summed E-state index contributed by atoms with van der Waals surface area (Å²) in [6, 6.07) is 14.1. The highest BCUT2D eigenvalue weighted by Crippen LogP contribution is 2.17. The first-order valence-corrected chi connectivity index (χ1v) is 8.25. The van der Waals surface area contributed by atoms with E-state index in [0.717, 1.165) is 12.0 Å². The Balaban J connectivity index is 0.000000381. The van der Waals surface area contributed by atoms with E-state index in [1.807, 2.05) is 19.1 Å². The molecule has 0 aliphatic carbocycles. The Morgan fingerprint density at radius 2 is 1.71 bits per heavy atom. The number of rotatable bonds is 2. The van der Waals surface area contributed by atoms with Gasteiger partial charge in [0.25, 0.3) is 0 Å². The minimum atomic E-state index is 0.386. The summed E-state index contributed by atoms with van der Waals surface area (Å²) in [5.74, 6) is 2.64. The lowest BCUT2D eigenvalue weighted by Crippen LogP contribution is -1.83. The van der Waals surface area contributed by atoms with Crippen LogP contribution >= 0.6 is 0 Å². The Morgan fingerprint density at radius 1 is 1.12 bits per heavy atom. The van der Waals surface area contributed by atoms with E-state index in [1.165, 1.54) is 22.3 Å². The van der Waals surface area contributed by atoms with Gasteiger partial charge in [-0.05, 0) is 74.9 Å². The van der Waals surface area contributed by atoms with Gasteiger partial charge in [-0.1, -0.05) is 49.4 Å². The van der Waals surface area contributed by atoms with Crippen LogP contribution in [0.15, 0.2) is 48.5 Å². The van der Waals surface area contributed by atoms with Gasteiger partial charge < -0.3 is 5.11 Å². The highest BCUT2D eigenvalue weighted by atomic mass is 16.3. The number of terminal acetylenes is 1. The van der Waals surface area contributed by atoms with Crippen LogP contribution in [0.5, 0.6) is 5.75 Å². The topological polar surface area (TPSA) is 20.2 Å². The van der Waals surface area contributed by atoms with Crippen molar-refractivity contribution >= 4 is 5.57 Å². The number of phenols is 1. The molecule has 0 radical (unpaired) electrons. The first-order valence-electron chi connectivity index (χ1n) is 8.25. The first-order chi connectivity index (χ1) is 11.4. The molecule has 1 nitrogen and oxygen atoms in total. The van der Waals surface area contributed by atoms with E-state index in [2.05, 4.69) is 70.4 Å². The molecule has 0 fully saturated rings. The van der Waals surface area contributed by atoms with Gasteiger partial charge in [-0.25, -0.2) is 0 Å². The number of benzene rings is 2. The molecule has 2 aromatic carbocycles. The largest absolute Gasteiger partial charge is 0.508 e. The van der Waals surface area contributed by atoms with E-state index in [0.29, 0.717) is 5.75 Å². The van der Waals surface area contributed by atoms with Gasteiger partial charge in [0.15, 0.2) is 0 Å². The van der Waals surface area contributed by atoms with Crippen molar-refractivity contribution in [3.8, 4) is 18.1 Å². The normalized spacial score (nSPS) is 9.79. The molecule has 0 aliphatic rings. The smallest absolute Gasteiger partial charge is 0.118 e. The summed E-state index contributed by atoms with van der Waals surface area (Å²) in [6.07, 6.45) is 7.77. The van der Waals surface area contributed by atoms with Crippen LogP contribution < -0.4 is 0 Å². The van der Waals surface area contributed by atoms with Crippen LogP contribution in [0.25, 0.3) is 5.57 Å². The standard InChI is InChI=1S/C11H14.C9H12O.C3H4/c1-4-9(2)11-8-6-5-7-10(11)3;1-3-8-4-5-9(10)7(2)6-8;1-3-2/h4-8H,1-3H3;4-6,10H,3H2,1-2H3;1H,2H3/b9-4-;;. The molecule has 0 saturated carbocycles. The predicted octanol–water partition coefficient (Wildman–Crippen LogP) is 6.32. The minimum Gasteiger partial charge on any atom is -0.508 e. The van der Waals surface area contributed by atoms with Crippen molar-refractivity contribution in [2.45, 2.75) is 48.0 Å². The predicted molar refractivity (Wildman–Crippen MR) is 107 cm³/mol. The van der Waals surface area contributed by atoms with Gasteiger partial charge in [-0.2, -0.15) is 0 Å². The number of hydrogen-bond acceptors (Lipinski definition) is 1. The molecule has 1 N–H and O–H groups in total. The van der Waals surface area contributed by atoms with Gasteiger partial charge in [0.2, 0.25) is 0 Å². The molecule has 128 valence electrons. The number of aryl methyl sites for hydroxylation is 3. The van der Waals surface area contributed by atoms with Crippen LogP contribution in [0, 0.1) is 26.2 Å². The van der Waals surface area contributed by atoms with Gasteiger partial charge in [0.05, 0.1) is 0 Å². The lowest BCUT2D eigenvalue weighted by atomic mass is 10.0. The van der Waals surface area contributed by atoms with Crippen molar-refractivity contribution in [2.24, 2.45) is 0 Å². The van der Waals surface area contributed by atoms with Gasteiger partial charge in [-0.3, -0.25) is 0 Å². The Bertz CT molecular complexity index is 687. The second kappa shape index (κ2) is 12.0. The Morgan fingerprint density at radius 3 is 2.17 bits per heavy atom. The van der Waals surface area contributed by atoms with E-state index in [1.54, 1.807) is 13.0 Å². The monoisotopic (exact) mass is 322 g/mol. The third-order valence-electron chi connectivity index (χ3n) is 3.67. The summed E-state index contributed by atoms with van der Waals surface area (Å²) in [5.41, 5.74) is 6.29. The Labute approximate surface area is 148 Å². The van der Waals surface area contributed by atoms with Gasteiger partial charge in [0.1, 0.15) is 5.75 Å². The average Bonchev–Trinajstić information content (AvgIpc) is 2.58. The molecule has 0 spiro atoms. The third-order valence-corrected chi connectivity index (χ3v) is 3.67. The third kappa shape index (κ3) is 7.70. The molecule has 0 aromatic heterocycles. The summed E-state index contributed by atoms with van der Waals surface area (Å²) >= 11 is 0. The number of aromatic hydroxyl groups is 1. The molecule has 0 saturated heterocycles. The fraction of sp³-hybridized carbons (Fsp3) is 0.304. The SMILES string of the molecule is C#CC.C/C=C(/C)c1ccccc1C.CCc1ccc(O)c(C)c1. The van der Waals surface area contributed by atoms with E-state index in [4.69, 9.17) is 5.11 Å². The molecular formula is C23H30O. The molecule has 2 aromatic rings. The zero-order valence-corrected chi connectivity index (χ0v) is 15.9. The lowest BCUT2D eigenvalue weighted by Gasteiger charge is -2.03. The second-order valence-corrected chi connectivity index (χ2v) is 5.55. The van der Waals surface area contributed by atoms with Crippen molar-refractivity contribution < 1.29 is 5.11 Å². The van der Waals surface area contributed by atoms with Crippen molar-refractivity contribution in [2.75, 3.05) is 0 Å². The van der Waals surface area contributed by atoms with E-state index >= 15 is 0 Å². The highest BCUT2D eigenvalue weighted by Gasteiger charge is 1.96. The minimum absolute atomic E-state index is 0.386. The van der Waals surface area contributed by atoms with Crippen molar-refractivity contribution in [3.63, 3.8) is 0 Å². The van der Waals surface area contributed by atoms with Crippen LogP contribution in [-0.2, 0) is 6.42 Å². The number of hydrogen-bond donors (Lipinski definition) is 1. The first kappa shape index (κ1) is 21.5. The van der Waals surface area contributed by atoms with E-state index in [-0.39, 0.29) is 0 Å².